The number of aliphatic hydroxyl groups is 1. The van der Waals surface area contributed by atoms with Crippen molar-refractivity contribution >= 4 is 28.9 Å². The van der Waals surface area contributed by atoms with Crippen LogP contribution >= 0.6 is 12.2 Å². The van der Waals surface area contributed by atoms with Crippen LogP contribution in [0.1, 0.15) is 37.6 Å². The number of hydrogen-bond acceptors (Lipinski definition) is 4. The predicted molar refractivity (Wildman–Crippen MR) is 93.6 cm³/mol. The number of carbonyl (C=O) groups excluding carboxylic acids is 1. The van der Waals surface area contributed by atoms with Gasteiger partial charge in [-0.25, -0.2) is 13.2 Å². The average molecular weight is 385 g/mol. The molecule has 9 heteroatoms. The summed E-state index contributed by atoms with van der Waals surface area (Å²) in [5.74, 6) is -0.399. The van der Waals surface area contributed by atoms with Gasteiger partial charge in [-0.2, -0.15) is 5.26 Å². The molecule has 1 amide bonds. The number of alkyl halides is 3. The van der Waals surface area contributed by atoms with Gasteiger partial charge in [0.15, 0.2) is 11.3 Å². The summed E-state index contributed by atoms with van der Waals surface area (Å²) in [6.07, 6.45) is -5.55. The number of halogens is 3. The molecule has 0 spiro atoms. The Hall–Kier alpha value is -2.18. The first-order chi connectivity index (χ1) is 12.2. The van der Waals surface area contributed by atoms with Crippen molar-refractivity contribution in [2.45, 2.75) is 38.4 Å². The van der Waals surface area contributed by atoms with Gasteiger partial charge in [-0.1, -0.05) is 0 Å². The molecule has 1 atom stereocenters. The molecular formula is C17H18F3N3O2S. The Kier molecular flexibility index (Phi) is 5.88. The molecule has 0 aromatic heterocycles. The van der Waals surface area contributed by atoms with Gasteiger partial charge in [0, 0.05) is 18.7 Å². The van der Waals surface area contributed by atoms with E-state index in [1.165, 1.54) is 12.1 Å². The van der Waals surface area contributed by atoms with E-state index in [0.29, 0.717) is 13.0 Å². The number of aliphatic hydroxyl groups excluding tert-OH is 1. The van der Waals surface area contributed by atoms with E-state index in [2.05, 4.69) is 0 Å². The second-order valence-corrected chi connectivity index (χ2v) is 6.70. The van der Waals surface area contributed by atoms with Gasteiger partial charge in [0.1, 0.15) is 5.54 Å². The molecule has 1 aliphatic heterocycles. The van der Waals surface area contributed by atoms with Crippen molar-refractivity contribution in [2.75, 3.05) is 18.1 Å². The molecule has 0 bridgehead atoms. The summed E-state index contributed by atoms with van der Waals surface area (Å²) in [6.45, 7) is 3.56. The van der Waals surface area contributed by atoms with Crippen LogP contribution in [0.3, 0.4) is 0 Å². The van der Waals surface area contributed by atoms with Crippen molar-refractivity contribution in [1.29, 1.82) is 5.26 Å². The molecule has 2 rings (SSSR count). The van der Waals surface area contributed by atoms with E-state index in [1.54, 1.807) is 24.8 Å². The van der Waals surface area contributed by atoms with Crippen LogP contribution in [0.15, 0.2) is 18.2 Å². The largest absolute Gasteiger partial charge is 0.396 e. The molecule has 1 aliphatic rings. The maximum absolute atomic E-state index is 13.9. The molecular weight excluding hydrogens is 367 g/mol. The van der Waals surface area contributed by atoms with E-state index in [1.807, 2.05) is 0 Å². The van der Waals surface area contributed by atoms with Gasteiger partial charge in [0.25, 0.3) is 12.3 Å². The second kappa shape index (κ2) is 7.60. The Morgan fingerprint density at radius 3 is 2.54 bits per heavy atom. The molecule has 1 aromatic carbocycles. The Morgan fingerprint density at radius 1 is 1.35 bits per heavy atom. The van der Waals surface area contributed by atoms with E-state index >= 15 is 0 Å². The van der Waals surface area contributed by atoms with Crippen LogP contribution < -0.4 is 4.90 Å². The number of nitrogens with zero attached hydrogens (tertiary/aromatic N) is 3. The standard InChI is InChI=1S/C17H18F3N3O2S/c1-17(2)15(25)23(16(26)22(17)6-3-7-24)11-5-4-10(9-21)12(8-11)13(18)14(19)20/h4-5,8,13-14,24H,3,6-7H2,1-2H3. The molecule has 1 heterocycles. The minimum atomic E-state index is -3.30. The summed E-state index contributed by atoms with van der Waals surface area (Å²) in [6, 6.07) is 5.30. The smallest absolute Gasteiger partial charge is 0.273 e. The average Bonchev–Trinajstić information content (AvgIpc) is 2.77. The molecule has 5 nitrogen and oxygen atoms in total. The van der Waals surface area contributed by atoms with E-state index in [9.17, 15) is 18.0 Å². The molecule has 140 valence electrons. The molecule has 1 unspecified atom stereocenters. The number of thiocarbonyl (C=S) groups is 1. The fourth-order valence-electron chi connectivity index (χ4n) is 2.82. The zero-order valence-corrected chi connectivity index (χ0v) is 15.1. The first-order valence-electron chi connectivity index (χ1n) is 7.90. The number of amides is 1. The minimum absolute atomic E-state index is 0.0810. The van der Waals surface area contributed by atoms with Crippen molar-refractivity contribution in [1.82, 2.24) is 4.90 Å². The van der Waals surface area contributed by atoms with Gasteiger partial charge in [-0.15, -0.1) is 0 Å². The topological polar surface area (TPSA) is 67.6 Å². The lowest BCUT2D eigenvalue weighted by Crippen LogP contribution is -2.44. The highest BCUT2D eigenvalue weighted by atomic mass is 32.1. The number of carbonyl (C=O) groups is 1. The first-order valence-corrected chi connectivity index (χ1v) is 8.31. The first kappa shape index (κ1) is 20.1. The van der Waals surface area contributed by atoms with E-state index in [4.69, 9.17) is 22.6 Å². The molecule has 1 N–H and O–H groups in total. The maximum atomic E-state index is 13.9. The molecule has 0 aliphatic carbocycles. The van der Waals surface area contributed by atoms with Gasteiger partial charge < -0.3 is 10.0 Å². The number of hydrogen-bond donors (Lipinski definition) is 1. The van der Waals surface area contributed by atoms with Gasteiger partial charge >= 0.3 is 0 Å². The zero-order valence-electron chi connectivity index (χ0n) is 14.2. The van der Waals surface area contributed by atoms with Gasteiger partial charge in [0.2, 0.25) is 0 Å². The third-order valence-corrected chi connectivity index (χ3v) is 4.70. The van der Waals surface area contributed by atoms with E-state index in [0.717, 1.165) is 11.0 Å². The van der Waals surface area contributed by atoms with Crippen molar-refractivity contribution in [2.24, 2.45) is 0 Å². The van der Waals surface area contributed by atoms with Crippen LogP contribution in [0.2, 0.25) is 0 Å². The molecule has 1 fully saturated rings. The van der Waals surface area contributed by atoms with Crippen LogP contribution in [0.5, 0.6) is 0 Å². The van der Waals surface area contributed by atoms with Gasteiger partial charge in [-0.05, 0) is 50.7 Å². The molecule has 0 saturated carbocycles. The molecule has 1 aromatic rings. The number of rotatable bonds is 6. The van der Waals surface area contributed by atoms with Crippen molar-refractivity contribution in [3.63, 3.8) is 0 Å². The third kappa shape index (κ3) is 3.39. The Morgan fingerprint density at radius 2 is 2.00 bits per heavy atom. The minimum Gasteiger partial charge on any atom is -0.396 e. The Labute approximate surface area is 154 Å². The summed E-state index contributed by atoms with van der Waals surface area (Å²) < 4.78 is 39.5. The fourth-order valence-corrected chi connectivity index (χ4v) is 3.33. The second-order valence-electron chi connectivity index (χ2n) is 6.33. The summed E-state index contributed by atoms with van der Waals surface area (Å²) >= 11 is 5.35. The van der Waals surface area contributed by atoms with E-state index < -0.39 is 29.6 Å². The normalized spacial score (nSPS) is 17.8. The fraction of sp³-hybridized carbons (Fsp3) is 0.471. The predicted octanol–water partition coefficient (Wildman–Crippen LogP) is 2.93. The summed E-state index contributed by atoms with van der Waals surface area (Å²) in [7, 11) is 0. The Bertz CT molecular complexity index is 764. The third-order valence-electron chi connectivity index (χ3n) is 4.30. The SMILES string of the molecule is CC1(C)C(=O)N(c2ccc(C#N)c(C(F)C(F)F)c2)C(=S)N1CCCO. The summed E-state index contributed by atoms with van der Waals surface area (Å²) in [5.41, 5.74) is -1.59. The summed E-state index contributed by atoms with van der Waals surface area (Å²) in [4.78, 5) is 15.6. The molecule has 0 radical (unpaired) electrons. The quantitative estimate of drug-likeness (QED) is 0.763. The monoisotopic (exact) mass is 385 g/mol. The lowest BCUT2D eigenvalue weighted by molar-refractivity contribution is -0.123. The van der Waals surface area contributed by atoms with Crippen LogP contribution in [0, 0.1) is 11.3 Å². The van der Waals surface area contributed by atoms with Crippen LogP contribution in [-0.2, 0) is 4.79 Å². The van der Waals surface area contributed by atoms with E-state index in [-0.39, 0.29) is 23.0 Å². The molecule has 1 saturated heterocycles. The highest BCUT2D eigenvalue weighted by molar-refractivity contribution is 7.80. The lowest BCUT2D eigenvalue weighted by Gasteiger charge is -2.29. The Balaban J connectivity index is 2.48. The zero-order chi connectivity index (χ0) is 19.6. The van der Waals surface area contributed by atoms with Crippen LogP contribution in [0.4, 0.5) is 18.9 Å². The van der Waals surface area contributed by atoms with Gasteiger partial charge in [0.05, 0.1) is 17.3 Å². The number of nitriles is 1. The highest BCUT2D eigenvalue weighted by Crippen LogP contribution is 2.36. The van der Waals surface area contributed by atoms with Crippen LogP contribution in [-0.4, -0.2) is 46.1 Å². The summed E-state index contributed by atoms with van der Waals surface area (Å²) in [5, 5.41) is 18.2. The lowest BCUT2D eigenvalue weighted by atomic mass is 10.0. The van der Waals surface area contributed by atoms with Crippen molar-refractivity contribution in [3.05, 3.63) is 29.3 Å². The number of anilines is 1. The number of benzene rings is 1. The highest BCUT2D eigenvalue weighted by Gasteiger charge is 2.49. The molecule has 26 heavy (non-hydrogen) atoms. The van der Waals surface area contributed by atoms with Crippen molar-refractivity contribution in [3.8, 4) is 6.07 Å². The van der Waals surface area contributed by atoms with Crippen molar-refractivity contribution < 1.29 is 23.1 Å². The van der Waals surface area contributed by atoms with Gasteiger partial charge in [-0.3, -0.25) is 9.69 Å². The maximum Gasteiger partial charge on any atom is 0.273 e. The van der Waals surface area contributed by atoms with Crippen LogP contribution in [0.25, 0.3) is 0 Å².